The van der Waals surface area contributed by atoms with Crippen LogP contribution in [-0.4, -0.2) is 62.0 Å². The van der Waals surface area contributed by atoms with Gasteiger partial charge in [0.25, 0.3) is 5.91 Å². The van der Waals surface area contributed by atoms with E-state index in [1.54, 1.807) is 0 Å². The maximum atomic E-state index is 12.6. The zero-order valence-corrected chi connectivity index (χ0v) is 18.0. The molecule has 0 bridgehead atoms. The van der Waals surface area contributed by atoms with Crippen LogP contribution in [0.5, 0.6) is 0 Å². The number of hydrogen-bond acceptors (Lipinski definition) is 4. The maximum absolute atomic E-state index is 12.6. The predicted molar refractivity (Wildman–Crippen MR) is 114 cm³/mol. The lowest BCUT2D eigenvalue weighted by molar-refractivity contribution is -0.124. The van der Waals surface area contributed by atoms with Crippen LogP contribution in [0.15, 0.2) is 24.3 Å². The van der Waals surface area contributed by atoms with Crippen LogP contribution >= 0.6 is 0 Å². The lowest BCUT2D eigenvalue weighted by Gasteiger charge is -2.28. The zero-order chi connectivity index (χ0) is 20.7. The van der Waals surface area contributed by atoms with Gasteiger partial charge in [-0.2, -0.15) is 0 Å². The van der Waals surface area contributed by atoms with Crippen LogP contribution in [0.25, 0.3) is 0 Å². The van der Waals surface area contributed by atoms with Gasteiger partial charge in [-0.15, -0.1) is 0 Å². The number of amides is 2. The summed E-state index contributed by atoms with van der Waals surface area (Å²) in [6, 6.07) is 7.07. The summed E-state index contributed by atoms with van der Waals surface area (Å²) in [6.45, 7) is 15.7. The first-order chi connectivity index (χ1) is 13.2. The molecule has 156 valence electrons. The average Bonchev–Trinajstić information content (AvgIpc) is 2.65. The molecule has 1 saturated heterocycles. The van der Waals surface area contributed by atoms with E-state index >= 15 is 0 Å². The molecule has 1 aliphatic rings. The van der Waals surface area contributed by atoms with Crippen molar-refractivity contribution in [3.8, 4) is 0 Å². The van der Waals surface area contributed by atoms with E-state index in [4.69, 9.17) is 0 Å². The zero-order valence-electron chi connectivity index (χ0n) is 18.0. The summed E-state index contributed by atoms with van der Waals surface area (Å²) in [5.74, 6) is -0.321. The molecule has 28 heavy (non-hydrogen) atoms. The van der Waals surface area contributed by atoms with Crippen molar-refractivity contribution in [3.05, 3.63) is 35.4 Å². The number of carbonyl (C=O) groups is 2. The van der Waals surface area contributed by atoms with E-state index < -0.39 is 6.04 Å². The molecular weight excluding hydrogens is 352 g/mol. The molecule has 1 aliphatic heterocycles. The Morgan fingerprint density at radius 2 is 1.71 bits per heavy atom. The first kappa shape index (κ1) is 22.4. The van der Waals surface area contributed by atoms with Crippen molar-refractivity contribution in [2.24, 2.45) is 5.92 Å². The molecule has 1 aromatic rings. The van der Waals surface area contributed by atoms with Crippen molar-refractivity contribution in [2.75, 3.05) is 39.3 Å². The minimum absolute atomic E-state index is 0.0111. The van der Waals surface area contributed by atoms with E-state index in [2.05, 4.69) is 41.6 Å². The van der Waals surface area contributed by atoms with Crippen molar-refractivity contribution in [1.29, 1.82) is 0 Å². The van der Waals surface area contributed by atoms with Gasteiger partial charge in [-0.05, 0) is 29.0 Å². The smallest absolute Gasteiger partial charge is 0.251 e. The Balaban J connectivity index is 1.89. The molecule has 1 atom stereocenters. The number of piperazine rings is 1. The Kier molecular flexibility index (Phi) is 8.01. The normalized spacial score (nSPS) is 16.6. The molecule has 3 N–H and O–H groups in total. The second kappa shape index (κ2) is 10.0. The van der Waals surface area contributed by atoms with Crippen molar-refractivity contribution >= 4 is 11.8 Å². The van der Waals surface area contributed by atoms with E-state index in [0.29, 0.717) is 12.1 Å². The number of rotatable bonds is 7. The summed E-state index contributed by atoms with van der Waals surface area (Å²) in [6.07, 6.45) is 0. The second-order valence-electron chi connectivity index (χ2n) is 8.91. The highest BCUT2D eigenvalue weighted by atomic mass is 16.2. The molecular formula is C22H36N4O2. The van der Waals surface area contributed by atoms with Crippen LogP contribution in [0.3, 0.4) is 0 Å². The van der Waals surface area contributed by atoms with Crippen LogP contribution in [0.2, 0.25) is 0 Å². The number of hydrogen-bond donors (Lipinski definition) is 3. The standard InChI is InChI=1S/C22H36N4O2/c1-16(2)19(21(28)24-12-15-26-13-10-23-11-14-26)25-20(27)17-6-8-18(9-7-17)22(3,4)5/h6-9,16,19,23H,10-15H2,1-5H3,(H,24,28)(H,25,27). The highest BCUT2D eigenvalue weighted by molar-refractivity contribution is 5.97. The molecule has 0 aromatic heterocycles. The third-order valence-electron chi connectivity index (χ3n) is 5.19. The Morgan fingerprint density at radius 1 is 1.11 bits per heavy atom. The van der Waals surface area contributed by atoms with E-state index in [-0.39, 0.29) is 23.1 Å². The first-order valence-electron chi connectivity index (χ1n) is 10.3. The molecule has 1 aromatic carbocycles. The van der Waals surface area contributed by atoms with Gasteiger partial charge in [0.2, 0.25) is 5.91 Å². The van der Waals surface area contributed by atoms with E-state index in [9.17, 15) is 9.59 Å². The van der Waals surface area contributed by atoms with Crippen LogP contribution in [-0.2, 0) is 10.2 Å². The van der Waals surface area contributed by atoms with E-state index in [0.717, 1.165) is 32.7 Å². The van der Waals surface area contributed by atoms with Gasteiger partial charge in [-0.3, -0.25) is 14.5 Å². The van der Waals surface area contributed by atoms with E-state index in [1.807, 2.05) is 38.1 Å². The van der Waals surface area contributed by atoms with Gasteiger partial charge >= 0.3 is 0 Å². The fourth-order valence-corrected chi connectivity index (χ4v) is 3.26. The Labute approximate surface area is 169 Å². The number of nitrogens with zero attached hydrogens (tertiary/aromatic N) is 1. The lowest BCUT2D eigenvalue weighted by atomic mass is 9.86. The van der Waals surface area contributed by atoms with Gasteiger partial charge in [0.15, 0.2) is 0 Å². The quantitative estimate of drug-likeness (QED) is 0.666. The Morgan fingerprint density at radius 3 is 2.25 bits per heavy atom. The lowest BCUT2D eigenvalue weighted by Crippen LogP contribution is -2.52. The van der Waals surface area contributed by atoms with Crippen molar-refractivity contribution in [1.82, 2.24) is 20.9 Å². The average molecular weight is 389 g/mol. The first-order valence-corrected chi connectivity index (χ1v) is 10.3. The molecule has 1 unspecified atom stereocenters. The van der Waals surface area contributed by atoms with Crippen LogP contribution in [0.4, 0.5) is 0 Å². The molecule has 0 saturated carbocycles. The molecule has 0 radical (unpaired) electrons. The highest BCUT2D eigenvalue weighted by Gasteiger charge is 2.25. The fraction of sp³-hybridized carbons (Fsp3) is 0.636. The second-order valence-corrected chi connectivity index (χ2v) is 8.91. The molecule has 0 spiro atoms. The van der Waals surface area contributed by atoms with Crippen molar-refractivity contribution < 1.29 is 9.59 Å². The summed E-state index contributed by atoms with van der Waals surface area (Å²) in [5, 5.41) is 9.21. The number of carbonyl (C=O) groups excluding carboxylic acids is 2. The molecule has 1 heterocycles. The SMILES string of the molecule is CC(C)C(NC(=O)c1ccc(C(C)(C)C)cc1)C(=O)NCCN1CCNCC1. The molecule has 2 amide bonds. The van der Waals surface area contributed by atoms with Gasteiger partial charge < -0.3 is 16.0 Å². The molecule has 2 rings (SSSR count). The fourth-order valence-electron chi connectivity index (χ4n) is 3.26. The number of benzene rings is 1. The third-order valence-corrected chi connectivity index (χ3v) is 5.19. The van der Waals surface area contributed by atoms with Crippen LogP contribution in [0, 0.1) is 5.92 Å². The van der Waals surface area contributed by atoms with Gasteiger partial charge in [0, 0.05) is 44.8 Å². The van der Waals surface area contributed by atoms with Gasteiger partial charge in [0.1, 0.15) is 6.04 Å². The van der Waals surface area contributed by atoms with Crippen molar-refractivity contribution in [3.63, 3.8) is 0 Å². The molecule has 6 nitrogen and oxygen atoms in total. The Hall–Kier alpha value is -1.92. The summed E-state index contributed by atoms with van der Waals surface area (Å²) in [4.78, 5) is 27.6. The van der Waals surface area contributed by atoms with Gasteiger partial charge in [-0.1, -0.05) is 46.8 Å². The van der Waals surface area contributed by atoms with Gasteiger partial charge in [-0.25, -0.2) is 0 Å². The summed E-state index contributed by atoms with van der Waals surface area (Å²) >= 11 is 0. The van der Waals surface area contributed by atoms with Gasteiger partial charge in [0.05, 0.1) is 0 Å². The maximum Gasteiger partial charge on any atom is 0.251 e. The Bertz CT molecular complexity index is 643. The van der Waals surface area contributed by atoms with Crippen LogP contribution < -0.4 is 16.0 Å². The topological polar surface area (TPSA) is 73.5 Å². The highest BCUT2D eigenvalue weighted by Crippen LogP contribution is 2.22. The third kappa shape index (κ3) is 6.60. The van der Waals surface area contributed by atoms with Crippen LogP contribution in [0.1, 0.15) is 50.5 Å². The summed E-state index contributed by atoms with van der Waals surface area (Å²) in [7, 11) is 0. The largest absolute Gasteiger partial charge is 0.353 e. The minimum Gasteiger partial charge on any atom is -0.353 e. The number of nitrogens with one attached hydrogen (secondary N) is 3. The molecule has 6 heteroatoms. The molecule has 0 aliphatic carbocycles. The summed E-state index contributed by atoms with van der Waals surface area (Å²) < 4.78 is 0. The monoisotopic (exact) mass is 388 g/mol. The minimum atomic E-state index is -0.544. The van der Waals surface area contributed by atoms with Crippen molar-refractivity contribution in [2.45, 2.75) is 46.1 Å². The van der Waals surface area contributed by atoms with E-state index in [1.165, 1.54) is 5.56 Å². The molecule has 1 fully saturated rings. The summed E-state index contributed by atoms with van der Waals surface area (Å²) in [5.41, 5.74) is 1.79. The predicted octanol–water partition coefficient (Wildman–Crippen LogP) is 1.76.